The molecule has 0 bridgehead atoms. The van der Waals surface area contributed by atoms with Crippen molar-refractivity contribution in [3.63, 3.8) is 0 Å². The molecule has 4 aromatic rings. The Kier molecular flexibility index (Phi) is 11.4. The lowest BCUT2D eigenvalue weighted by molar-refractivity contribution is -0.119. The summed E-state index contributed by atoms with van der Waals surface area (Å²) in [4.78, 5) is 60.1. The summed E-state index contributed by atoms with van der Waals surface area (Å²) in [6, 6.07) is 17.8. The van der Waals surface area contributed by atoms with Crippen molar-refractivity contribution in [2.24, 2.45) is 11.8 Å². The Balaban J connectivity index is 1.61. The number of halogens is 1. The number of rotatable bonds is 12. The summed E-state index contributed by atoms with van der Waals surface area (Å²) in [5.41, 5.74) is 3.03. The molecule has 0 saturated carbocycles. The van der Waals surface area contributed by atoms with Crippen molar-refractivity contribution < 1.29 is 23.5 Å². The molecule has 5 rings (SSSR count). The lowest BCUT2D eigenvalue weighted by Crippen LogP contribution is -2.36. The number of carbonyl (C=O) groups excluding carboxylic acids is 3. The third-order valence-electron chi connectivity index (χ3n) is 8.51. The molecule has 256 valence electrons. The van der Waals surface area contributed by atoms with Gasteiger partial charge in [-0.05, 0) is 72.5 Å². The van der Waals surface area contributed by atoms with Crippen LogP contribution in [0, 0.1) is 17.7 Å². The van der Waals surface area contributed by atoms with E-state index in [9.17, 15) is 23.6 Å². The van der Waals surface area contributed by atoms with Gasteiger partial charge in [0.05, 0.1) is 31.6 Å². The fraction of sp³-hybridized carbons (Fsp3) is 0.342. The van der Waals surface area contributed by atoms with Gasteiger partial charge in [0.2, 0.25) is 5.91 Å². The largest absolute Gasteiger partial charge is 0.378 e. The molecule has 2 amide bonds. The van der Waals surface area contributed by atoms with Gasteiger partial charge in [-0.25, -0.2) is 9.37 Å². The van der Waals surface area contributed by atoms with E-state index in [-0.39, 0.29) is 41.8 Å². The number of benzene rings is 3. The Bertz CT molecular complexity index is 1880. The molecular formula is C38H42FN5O5. The molecule has 0 radical (unpaired) electrons. The van der Waals surface area contributed by atoms with E-state index in [1.165, 1.54) is 35.0 Å². The first-order valence-corrected chi connectivity index (χ1v) is 16.6. The number of nitrogens with zero attached hydrogens (tertiary/aromatic N) is 3. The number of aromatic nitrogens is 2. The molecule has 1 aliphatic rings. The van der Waals surface area contributed by atoms with Gasteiger partial charge in [-0.15, -0.1) is 0 Å². The van der Waals surface area contributed by atoms with Crippen LogP contribution in [-0.4, -0.2) is 60.0 Å². The lowest BCUT2D eigenvalue weighted by atomic mass is 9.99. The van der Waals surface area contributed by atoms with E-state index < -0.39 is 11.4 Å². The van der Waals surface area contributed by atoms with Crippen LogP contribution < -0.4 is 21.1 Å². The minimum absolute atomic E-state index is 0.0224. The summed E-state index contributed by atoms with van der Waals surface area (Å²) in [6.07, 6.45) is 2.10. The first kappa shape index (κ1) is 35.2. The van der Waals surface area contributed by atoms with Gasteiger partial charge in [0.25, 0.3) is 11.5 Å². The standard InChI is InChI=1S/C38H42FN5O5/c1-5-25(4)36(46)42-35-38(48)44(33(22-40-35)28-7-6-8-29(19-28)37(47)41-21-24(2)3)23-26-17-30(34(45)27-9-11-31(39)12-10-27)20-32(18-26)43-13-15-49-16-14-43/h6-12,17-20,22,24-25H,5,13-16,21,23H2,1-4H3,(H,41,47)(H,40,42,46)/t25-/m1/s1. The van der Waals surface area contributed by atoms with Gasteiger partial charge >= 0.3 is 0 Å². The molecule has 10 nitrogen and oxygen atoms in total. The summed E-state index contributed by atoms with van der Waals surface area (Å²) in [5, 5.41) is 5.61. The first-order valence-electron chi connectivity index (χ1n) is 16.6. The molecule has 0 spiro atoms. The number of nitrogens with one attached hydrogen (secondary N) is 2. The number of hydrogen-bond acceptors (Lipinski definition) is 7. The van der Waals surface area contributed by atoms with Crippen molar-refractivity contribution in [2.45, 2.75) is 40.7 Å². The average molecular weight is 668 g/mol. The predicted octanol–water partition coefficient (Wildman–Crippen LogP) is 5.54. The second kappa shape index (κ2) is 15.8. The topological polar surface area (TPSA) is 123 Å². The van der Waals surface area contributed by atoms with E-state index in [4.69, 9.17) is 4.74 Å². The van der Waals surface area contributed by atoms with Crippen LogP contribution >= 0.6 is 0 Å². The predicted molar refractivity (Wildman–Crippen MR) is 188 cm³/mol. The van der Waals surface area contributed by atoms with Gasteiger partial charge in [-0.2, -0.15) is 0 Å². The molecule has 1 aromatic heterocycles. The Morgan fingerprint density at radius 2 is 1.67 bits per heavy atom. The molecule has 49 heavy (non-hydrogen) atoms. The van der Waals surface area contributed by atoms with Crippen molar-refractivity contribution in [1.29, 1.82) is 0 Å². The number of anilines is 2. The van der Waals surface area contributed by atoms with Crippen molar-refractivity contribution in [2.75, 3.05) is 43.1 Å². The summed E-state index contributed by atoms with van der Waals surface area (Å²) in [5.74, 6) is -1.48. The number of carbonyl (C=O) groups is 3. The first-order chi connectivity index (χ1) is 23.5. The van der Waals surface area contributed by atoms with Crippen molar-refractivity contribution in [3.8, 4) is 11.3 Å². The van der Waals surface area contributed by atoms with Gasteiger partial charge in [-0.1, -0.05) is 39.8 Å². The molecule has 1 saturated heterocycles. The normalized spacial score (nSPS) is 13.6. The van der Waals surface area contributed by atoms with Crippen molar-refractivity contribution in [1.82, 2.24) is 14.9 Å². The molecule has 1 fully saturated rings. The van der Waals surface area contributed by atoms with Crippen LogP contribution in [0.5, 0.6) is 0 Å². The van der Waals surface area contributed by atoms with Crippen molar-refractivity contribution in [3.05, 3.63) is 111 Å². The molecule has 3 aromatic carbocycles. The second-order valence-electron chi connectivity index (χ2n) is 12.7. The smallest absolute Gasteiger partial charge is 0.294 e. The number of ether oxygens (including phenoxy) is 1. The third kappa shape index (κ3) is 8.66. The molecule has 1 atom stereocenters. The highest BCUT2D eigenvalue weighted by molar-refractivity contribution is 6.09. The van der Waals surface area contributed by atoms with E-state index in [1.807, 2.05) is 26.8 Å². The van der Waals surface area contributed by atoms with E-state index in [0.29, 0.717) is 72.8 Å². The minimum atomic E-state index is -0.535. The Labute approximate surface area is 285 Å². The number of ketones is 1. The molecule has 0 unspecified atom stereocenters. The van der Waals surface area contributed by atoms with E-state index in [0.717, 1.165) is 5.69 Å². The van der Waals surface area contributed by atoms with Crippen LogP contribution in [0.1, 0.15) is 66.0 Å². The fourth-order valence-corrected chi connectivity index (χ4v) is 5.46. The maximum Gasteiger partial charge on any atom is 0.294 e. The maximum absolute atomic E-state index is 14.1. The maximum atomic E-state index is 14.1. The van der Waals surface area contributed by atoms with E-state index in [1.54, 1.807) is 43.3 Å². The van der Waals surface area contributed by atoms with Gasteiger partial charge in [0, 0.05) is 53.5 Å². The quantitative estimate of drug-likeness (QED) is 0.191. The molecular weight excluding hydrogens is 625 g/mol. The minimum Gasteiger partial charge on any atom is -0.378 e. The Hall–Kier alpha value is -5.16. The zero-order chi connectivity index (χ0) is 35.1. The van der Waals surface area contributed by atoms with E-state index in [2.05, 4.69) is 20.5 Å². The van der Waals surface area contributed by atoms with E-state index >= 15 is 0 Å². The fourth-order valence-electron chi connectivity index (χ4n) is 5.46. The van der Waals surface area contributed by atoms with Gasteiger partial charge in [0.1, 0.15) is 5.82 Å². The van der Waals surface area contributed by atoms with Gasteiger partial charge in [-0.3, -0.25) is 23.7 Å². The molecule has 0 aliphatic carbocycles. The SMILES string of the molecule is CC[C@@H](C)C(=O)Nc1ncc(-c2cccc(C(=O)NCC(C)C)c2)n(Cc2cc(C(=O)c3ccc(F)cc3)cc(N3CCOCC3)c2)c1=O. The van der Waals surface area contributed by atoms with Gasteiger partial charge in [0.15, 0.2) is 11.6 Å². The van der Waals surface area contributed by atoms with Crippen molar-refractivity contribution >= 4 is 29.1 Å². The molecule has 11 heteroatoms. The van der Waals surface area contributed by atoms with Crippen LogP contribution in [-0.2, 0) is 16.1 Å². The zero-order valence-electron chi connectivity index (χ0n) is 28.3. The highest BCUT2D eigenvalue weighted by atomic mass is 19.1. The Morgan fingerprint density at radius 3 is 2.37 bits per heavy atom. The second-order valence-corrected chi connectivity index (χ2v) is 12.7. The average Bonchev–Trinajstić information content (AvgIpc) is 3.12. The monoisotopic (exact) mass is 667 g/mol. The van der Waals surface area contributed by atoms with Crippen LogP contribution in [0.25, 0.3) is 11.3 Å². The summed E-state index contributed by atoms with van der Waals surface area (Å²) < 4.78 is 20.7. The molecule has 2 heterocycles. The highest BCUT2D eigenvalue weighted by Crippen LogP contribution is 2.26. The highest BCUT2D eigenvalue weighted by Gasteiger charge is 2.21. The number of morpholine rings is 1. The number of hydrogen-bond donors (Lipinski definition) is 2. The van der Waals surface area contributed by atoms with Crippen LogP contribution in [0.15, 0.2) is 77.7 Å². The number of amides is 2. The summed E-state index contributed by atoms with van der Waals surface area (Å²) in [6.45, 7) is 10.5. The molecule has 1 aliphatic heterocycles. The van der Waals surface area contributed by atoms with Crippen LogP contribution in [0.2, 0.25) is 0 Å². The lowest BCUT2D eigenvalue weighted by Gasteiger charge is -2.29. The summed E-state index contributed by atoms with van der Waals surface area (Å²) >= 11 is 0. The van der Waals surface area contributed by atoms with Gasteiger partial charge < -0.3 is 20.3 Å². The summed E-state index contributed by atoms with van der Waals surface area (Å²) in [7, 11) is 0. The van der Waals surface area contributed by atoms with Crippen LogP contribution in [0.4, 0.5) is 15.9 Å². The van der Waals surface area contributed by atoms with Crippen LogP contribution in [0.3, 0.4) is 0 Å². The Morgan fingerprint density at radius 1 is 0.939 bits per heavy atom. The molecule has 2 N–H and O–H groups in total. The zero-order valence-corrected chi connectivity index (χ0v) is 28.3. The third-order valence-corrected chi connectivity index (χ3v) is 8.51.